The Morgan fingerprint density at radius 3 is 2.76 bits per heavy atom. The van der Waals surface area contributed by atoms with Crippen LogP contribution >= 0.6 is 0 Å². The second-order valence-corrected chi connectivity index (χ2v) is 8.57. The molecule has 3 saturated carbocycles. The third-order valence-corrected chi connectivity index (χ3v) is 6.94. The molecular formula is C23H26N4O2. The number of nitrogens with zero attached hydrogens (tertiary/aromatic N) is 1. The van der Waals surface area contributed by atoms with Gasteiger partial charge >= 0.3 is 0 Å². The Balaban J connectivity index is 1.25. The maximum absolute atomic E-state index is 12.9. The quantitative estimate of drug-likeness (QED) is 0.750. The third-order valence-electron chi connectivity index (χ3n) is 6.94. The van der Waals surface area contributed by atoms with Crippen LogP contribution in [0.15, 0.2) is 48.8 Å². The molecule has 1 aromatic carbocycles. The molecule has 2 bridgehead atoms. The van der Waals surface area contributed by atoms with Gasteiger partial charge in [0.05, 0.1) is 5.56 Å². The van der Waals surface area contributed by atoms with Crippen LogP contribution < -0.4 is 16.0 Å². The van der Waals surface area contributed by atoms with Gasteiger partial charge in [0.15, 0.2) is 0 Å². The number of pyridine rings is 1. The van der Waals surface area contributed by atoms with Crippen LogP contribution in [0.25, 0.3) is 0 Å². The molecular weight excluding hydrogens is 364 g/mol. The number of amides is 2. The van der Waals surface area contributed by atoms with E-state index in [4.69, 9.17) is 0 Å². The van der Waals surface area contributed by atoms with Gasteiger partial charge in [-0.15, -0.1) is 0 Å². The summed E-state index contributed by atoms with van der Waals surface area (Å²) in [5.74, 6) is 0.740. The molecule has 4 aliphatic rings. The predicted molar refractivity (Wildman–Crippen MR) is 110 cm³/mol. The van der Waals surface area contributed by atoms with Gasteiger partial charge in [-0.2, -0.15) is 0 Å². The van der Waals surface area contributed by atoms with Crippen LogP contribution in [0.2, 0.25) is 0 Å². The van der Waals surface area contributed by atoms with Crippen molar-refractivity contribution in [2.75, 3.05) is 11.9 Å². The second-order valence-electron chi connectivity index (χ2n) is 8.57. The van der Waals surface area contributed by atoms with E-state index in [1.807, 2.05) is 36.4 Å². The molecule has 2 heterocycles. The van der Waals surface area contributed by atoms with E-state index in [1.165, 1.54) is 5.56 Å². The Morgan fingerprint density at radius 1 is 1.14 bits per heavy atom. The fourth-order valence-electron chi connectivity index (χ4n) is 5.47. The highest BCUT2D eigenvalue weighted by atomic mass is 16.2. The number of nitrogens with one attached hydrogen (secondary N) is 3. The first-order valence-electron chi connectivity index (χ1n) is 10.5. The first kappa shape index (κ1) is 18.2. The van der Waals surface area contributed by atoms with Crippen LogP contribution in [0.4, 0.5) is 5.69 Å². The molecule has 2 aromatic rings. The zero-order valence-electron chi connectivity index (χ0n) is 16.4. The number of benzene rings is 1. The van der Waals surface area contributed by atoms with Crippen LogP contribution in [-0.4, -0.2) is 29.0 Å². The lowest BCUT2D eigenvalue weighted by atomic mass is 9.58. The summed E-state index contributed by atoms with van der Waals surface area (Å²) in [6.07, 6.45) is 8.09. The number of para-hydroxylation sites is 1. The molecule has 1 aliphatic heterocycles. The van der Waals surface area contributed by atoms with Crippen molar-refractivity contribution in [2.24, 2.45) is 17.8 Å². The smallest absolute Gasteiger partial charge is 0.255 e. The number of aromatic nitrogens is 1. The molecule has 150 valence electrons. The third kappa shape index (κ3) is 3.26. The van der Waals surface area contributed by atoms with Crippen molar-refractivity contribution in [3.8, 4) is 0 Å². The first-order valence-corrected chi connectivity index (χ1v) is 10.5. The van der Waals surface area contributed by atoms with Crippen LogP contribution in [0.1, 0.15) is 41.6 Å². The number of hydrogen-bond donors (Lipinski definition) is 3. The van der Waals surface area contributed by atoms with Crippen molar-refractivity contribution in [3.63, 3.8) is 0 Å². The lowest BCUT2D eigenvalue weighted by molar-refractivity contribution is -0.132. The van der Waals surface area contributed by atoms with E-state index < -0.39 is 5.66 Å². The second kappa shape index (κ2) is 7.17. The number of anilines is 1. The summed E-state index contributed by atoms with van der Waals surface area (Å²) in [5.41, 5.74) is 2.37. The van der Waals surface area contributed by atoms with Gasteiger partial charge in [-0.3, -0.25) is 14.6 Å². The molecule has 3 fully saturated rings. The summed E-state index contributed by atoms with van der Waals surface area (Å²) in [5, 5.41) is 10.0. The normalized spacial score (nSPS) is 29.7. The number of rotatable bonds is 4. The van der Waals surface area contributed by atoms with Crippen LogP contribution in [0.3, 0.4) is 0 Å². The monoisotopic (exact) mass is 390 g/mol. The molecule has 6 nitrogen and oxygen atoms in total. The number of carbonyl (C=O) groups is 2. The molecule has 3 unspecified atom stereocenters. The molecule has 3 N–H and O–H groups in total. The Labute approximate surface area is 170 Å². The Kier molecular flexibility index (Phi) is 4.49. The predicted octanol–water partition coefficient (Wildman–Crippen LogP) is 2.73. The fraction of sp³-hybridized carbons (Fsp3) is 0.435. The van der Waals surface area contributed by atoms with E-state index >= 15 is 0 Å². The van der Waals surface area contributed by atoms with E-state index in [9.17, 15) is 9.59 Å². The molecule has 3 aliphatic carbocycles. The van der Waals surface area contributed by atoms with Gasteiger partial charge in [-0.25, -0.2) is 0 Å². The molecule has 0 saturated heterocycles. The lowest BCUT2D eigenvalue weighted by Gasteiger charge is -2.56. The van der Waals surface area contributed by atoms with Crippen LogP contribution in [-0.2, 0) is 11.2 Å². The van der Waals surface area contributed by atoms with E-state index in [0.29, 0.717) is 18.0 Å². The number of fused-ring (bicyclic) bond motifs is 3. The molecule has 6 heteroatoms. The highest BCUT2D eigenvalue weighted by Gasteiger charge is 2.55. The molecule has 0 radical (unpaired) electrons. The zero-order valence-corrected chi connectivity index (χ0v) is 16.4. The van der Waals surface area contributed by atoms with Gasteiger partial charge < -0.3 is 16.0 Å². The van der Waals surface area contributed by atoms with E-state index in [2.05, 4.69) is 20.9 Å². The summed E-state index contributed by atoms with van der Waals surface area (Å²) < 4.78 is 0. The summed E-state index contributed by atoms with van der Waals surface area (Å²) in [7, 11) is 0. The topological polar surface area (TPSA) is 83.1 Å². The maximum atomic E-state index is 12.9. The van der Waals surface area contributed by atoms with Gasteiger partial charge in [0.2, 0.25) is 5.91 Å². The first-order chi connectivity index (χ1) is 14.1. The molecule has 1 aromatic heterocycles. The Hall–Kier alpha value is -2.89. The van der Waals surface area contributed by atoms with E-state index in [0.717, 1.165) is 37.8 Å². The average Bonchev–Trinajstić information content (AvgIpc) is 2.75. The van der Waals surface area contributed by atoms with E-state index in [1.54, 1.807) is 12.4 Å². The molecule has 1 spiro atoms. The summed E-state index contributed by atoms with van der Waals surface area (Å²) in [6, 6.07) is 11.6. The molecule has 4 atom stereocenters. The largest absolute Gasteiger partial charge is 0.362 e. The van der Waals surface area contributed by atoms with Crippen molar-refractivity contribution in [2.45, 2.75) is 37.8 Å². The van der Waals surface area contributed by atoms with Gasteiger partial charge in [0.25, 0.3) is 5.91 Å². The maximum Gasteiger partial charge on any atom is 0.255 e. The number of carbonyl (C=O) groups excluding carboxylic acids is 2. The van der Waals surface area contributed by atoms with Crippen LogP contribution in [0.5, 0.6) is 0 Å². The van der Waals surface area contributed by atoms with Crippen molar-refractivity contribution in [3.05, 3.63) is 59.9 Å². The van der Waals surface area contributed by atoms with Gasteiger partial charge in [-0.05, 0) is 67.9 Å². The minimum Gasteiger partial charge on any atom is -0.362 e. The van der Waals surface area contributed by atoms with Crippen molar-refractivity contribution in [1.82, 2.24) is 15.6 Å². The molecule has 2 amide bonds. The van der Waals surface area contributed by atoms with Gasteiger partial charge in [0, 0.05) is 36.5 Å². The lowest BCUT2D eigenvalue weighted by Crippen LogP contribution is -2.68. The number of hydrogen-bond acceptors (Lipinski definition) is 4. The standard InChI is InChI=1S/C23H26N4O2/c28-21(25-12-9-15-7-10-24-11-8-15)19-13-17-6-5-16(19)14-23(17)26-20-4-2-1-3-18(20)22(29)27-23/h1-4,7-8,10-11,16-17,19,26H,5-6,9,12-14H2,(H,25,28)(H,27,29)/t16?,17?,19?,23-/m1/s1. The van der Waals surface area contributed by atoms with Gasteiger partial charge in [0.1, 0.15) is 5.66 Å². The van der Waals surface area contributed by atoms with Gasteiger partial charge in [-0.1, -0.05) is 12.1 Å². The SMILES string of the molecule is O=C1N[C@@]2(CC3CCC2CC3C(=O)NCCc2ccncc2)Nc2ccccc21. The van der Waals surface area contributed by atoms with Crippen molar-refractivity contribution in [1.29, 1.82) is 0 Å². The Morgan fingerprint density at radius 2 is 1.97 bits per heavy atom. The summed E-state index contributed by atoms with van der Waals surface area (Å²) in [4.78, 5) is 29.6. The summed E-state index contributed by atoms with van der Waals surface area (Å²) in [6.45, 7) is 0.643. The highest BCUT2D eigenvalue weighted by Crippen LogP contribution is 2.51. The molecule has 29 heavy (non-hydrogen) atoms. The molecule has 6 rings (SSSR count). The van der Waals surface area contributed by atoms with Crippen LogP contribution in [0, 0.1) is 17.8 Å². The minimum absolute atomic E-state index is 0.00903. The Bertz CT molecular complexity index is 931. The highest BCUT2D eigenvalue weighted by molar-refractivity contribution is 6.02. The summed E-state index contributed by atoms with van der Waals surface area (Å²) >= 11 is 0. The minimum atomic E-state index is -0.415. The zero-order chi connectivity index (χ0) is 19.8. The van der Waals surface area contributed by atoms with E-state index in [-0.39, 0.29) is 23.7 Å². The fourth-order valence-corrected chi connectivity index (χ4v) is 5.47. The van der Waals surface area contributed by atoms with Crippen molar-refractivity contribution >= 4 is 17.5 Å². The van der Waals surface area contributed by atoms with Crippen molar-refractivity contribution < 1.29 is 9.59 Å². The average molecular weight is 390 g/mol.